The average molecular weight is 450 g/mol. The van der Waals surface area contributed by atoms with Crippen molar-refractivity contribution in [3.8, 4) is 11.5 Å². The molecule has 0 fully saturated rings. The van der Waals surface area contributed by atoms with Crippen LogP contribution in [0.4, 0.5) is 18.9 Å². The Bertz CT molecular complexity index is 1040. The number of benzene rings is 2. The SMILES string of the molecule is CCC(C)(C)c1ccc(S(=O)(=O)O)c([N+](=O)[O-])c1Oc1ccc(C(F)(F)F)cc1.N. The molecule has 0 unspecified atom stereocenters. The second-order valence-electron chi connectivity index (χ2n) is 6.88. The van der Waals surface area contributed by atoms with Gasteiger partial charge in [0.1, 0.15) is 5.75 Å². The highest BCUT2D eigenvalue weighted by molar-refractivity contribution is 7.86. The van der Waals surface area contributed by atoms with E-state index in [0.717, 1.165) is 30.3 Å². The van der Waals surface area contributed by atoms with E-state index in [-0.39, 0.29) is 17.5 Å². The maximum Gasteiger partial charge on any atom is 0.416 e. The van der Waals surface area contributed by atoms with Crippen molar-refractivity contribution in [3.05, 3.63) is 57.6 Å². The Kier molecular flexibility index (Phi) is 7.24. The number of hydrogen-bond acceptors (Lipinski definition) is 6. The van der Waals surface area contributed by atoms with E-state index in [4.69, 9.17) is 4.74 Å². The van der Waals surface area contributed by atoms with Gasteiger partial charge in [-0.2, -0.15) is 21.6 Å². The summed E-state index contributed by atoms with van der Waals surface area (Å²) < 4.78 is 76.3. The highest BCUT2D eigenvalue weighted by Gasteiger charge is 2.36. The van der Waals surface area contributed by atoms with Gasteiger partial charge in [-0.3, -0.25) is 14.7 Å². The van der Waals surface area contributed by atoms with Crippen LogP contribution in [0.25, 0.3) is 0 Å². The standard InChI is InChI=1S/C18H18F3NO6S.H3N/c1-4-17(2,3)13-9-10-14(29(25,26)27)15(22(23)24)16(13)28-12-7-5-11(6-8-12)18(19,20)21;/h5-10H,4H2,1-3H3,(H,25,26,27);1H3. The van der Waals surface area contributed by atoms with Gasteiger partial charge in [-0.05, 0) is 42.2 Å². The first kappa shape index (κ1) is 25.3. The Labute approximate surface area is 171 Å². The van der Waals surface area contributed by atoms with Crippen molar-refractivity contribution < 1.29 is 35.8 Å². The van der Waals surface area contributed by atoms with Crippen LogP contribution in [0.15, 0.2) is 41.3 Å². The van der Waals surface area contributed by atoms with E-state index in [1.165, 1.54) is 6.07 Å². The molecule has 8 nitrogen and oxygen atoms in total. The summed E-state index contributed by atoms with van der Waals surface area (Å²) in [7, 11) is -4.96. The highest BCUT2D eigenvalue weighted by Crippen LogP contribution is 2.45. The zero-order chi connectivity index (χ0) is 22.2. The number of nitrogens with zero attached hydrogens (tertiary/aromatic N) is 1. The number of nitro groups is 1. The first-order chi connectivity index (χ1) is 13.2. The molecule has 2 aromatic rings. The first-order valence-electron chi connectivity index (χ1n) is 8.33. The molecule has 0 spiro atoms. The van der Waals surface area contributed by atoms with Gasteiger partial charge in [-0.25, -0.2) is 0 Å². The van der Waals surface area contributed by atoms with Crippen LogP contribution in [-0.4, -0.2) is 17.9 Å². The summed E-state index contributed by atoms with van der Waals surface area (Å²) in [5.41, 5.74) is -2.38. The van der Waals surface area contributed by atoms with Crippen LogP contribution in [0.5, 0.6) is 11.5 Å². The number of hydrogen-bond donors (Lipinski definition) is 2. The van der Waals surface area contributed by atoms with Crippen LogP contribution >= 0.6 is 0 Å². The summed E-state index contributed by atoms with van der Waals surface area (Å²) in [5, 5.41) is 11.6. The molecule has 0 aromatic heterocycles. The summed E-state index contributed by atoms with van der Waals surface area (Å²) in [5.74, 6) is -0.626. The van der Waals surface area contributed by atoms with Gasteiger partial charge in [0.05, 0.1) is 10.5 Å². The molecule has 166 valence electrons. The molecule has 0 aliphatic rings. The van der Waals surface area contributed by atoms with E-state index in [1.807, 2.05) is 0 Å². The predicted molar refractivity (Wildman–Crippen MR) is 103 cm³/mol. The van der Waals surface area contributed by atoms with E-state index in [2.05, 4.69) is 0 Å². The molecule has 2 aromatic carbocycles. The molecule has 30 heavy (non-hydrogen) atoms. The molecule has 0 bridgehead atoms. The summed E-state index contributed by atoms with van der Waals surface area (Å²) in [4.78, 5) is 9.65. The largest absolute Gasteiger partial charge is 0.450 e. The molecule has 0 radical (unpaired) electrons. The fourth-order valence-electron chi connectivity index (χ4n) is 2.59. The van der Waals surface area contributed by atoms with Gasteiger partial charge in [0, 0.05) is 5.56 Å². The molecule has 2 rings (SSSR count). The fraction of sp³-hybridized carbons (Fsp3) is 0.333. The van der Waals surface area contributed by atoms with Crippen LogP contribution < -0.4 is 10.9 Å². The van der Waals surface area contributed by atoms with Gasteiger partial charge in [-0.1, -0.05) is 26.8 Å². The van der Waals surface area contributed by atoms with E-state index in [0.29, 0.717) is 6.42 Å². The maximum atomic E-state index is 12.7. The average Bonchev–Trinajstić information content (AvgIpc) is 2.59. The molecule has 0 saturated heterocycles. The molecular weight excluding hydrogens is 429 g/mol. The Morgan fingerprint density at radius 3 is 2.03 bits per heavy atom. The van der Waals surface area contributed by atoms with Crippen molar-refractivity contribution >= 4 is 15.8 Å². The minimum absolute atomic E-state index is 0. The molecule has 0 saturated carbocycles. The van der Waals surface area contributed by atoms with Crippen LogP contribution in [0, 0.1) is 10.1 Å². The summed E-state index contributed by atoms with van der Waals surface area (Å²) >= 11 is 0. The van der Waals surface area contributed by atoms with Crippen LogP contribution in [0.2, 0.25) is 0 Å². The monoisotopic (exact) mass is 450 g/mol. The Balaban J connectivity index is 0.00000450. The Morgan fingerprint density at radius 2 is 1.63 bits per heavy atom. The van der Waals surface area contributed by atoms with Gasteiger partial charge < -0.3 is 10.9 Å². The molecule has 4 N–H and O–H groups in total. The van der Waals surface area contributed by atoms with E-state index in [9.17, 15) is 36.3 Å². The smallest absolute Gasteiger partial charge is 0.416 e. The molecule has 0 heterocycles. The van der Waals surface area contributed by atoms with Gasteiger partial charge in [0.15, 0.2) is 4.90 Å². The zero-order valence-electron chi connectivity index (χ0n) is 16.4. The van der Waals surface area contributed by atoms with Crippen molar-refractivity contribution in [2.75, 3.05) is 0 Å². The lowest BCUT2D eigenvalue weighted by atomic mass is 9.81. The number of nitro benzene ring substituents is 1. The quantitative estimate of drug-likeness (QED) is 0.336. The number of alkyl halides is 3. The third-order valence-corrected chi connectivity index (χ3v) is 5.45. The van der Waals surface area contributed by atoms with Crippen LogP contribution in [-0.2, 0) is 21.7 Å². The Hall–Kier alpha value is -2.70. The normalized spacial score (nSPS) is 12.2. The van der Waals surface area contributed by atoms with Crippen molar-refractivity contribution in [1.82, 2.24) is 6.15 Å². The lowest BCUT2D eigenvalue weighted by Crippen LogP contribution is -2.18. The third-order valence-electron chi connectivity index (χ3n) is 4.57. The van der Waals surface area contributed by atoms with Crippen molar-refractivity contribution in [1.29, 1.82) is 0 Å². The molecule has 0 atom stereocenters. The van der Waals surface area contributed by atoms with Crippen molar-refractivity contribution in [3.63, 3.8) is 0 Å². The lowest BCUT2D eigenvalue weighted by molar-refractivity contribution is -0.388. The summed E-state index contributed by atoms with van der Waals surface area (Å²) in [6, 6.07) is 5.58. The second kappa shape index (κ2) is 8.58. The first-order valence-corrected chi connectivity index (χ1v) is 9.77. The predicted octanol–water partition coefficient (Wildman–Crippen LogP) is 5.50. The number of halogens is 3. The van der Waals surface area contributed by atoms with Crippen molar-refractivity contribution in [2.45, 2.75) is 43.7 Å². The maximum absolute atomic E-state index is 12.7. The van der Waals surface area contributed by atoms with Gasteiger partial charge in [0.25, 0.3) is 0 Å². The molecular formula is C18H21F3N2O6S. The Morgan fingerprint density at radius 1 is 1.10 bits per heavy atom. The van der Waals surface area contributed by atoms with Crippen LogP contribution in [0.1, 0.15) is 38.3 Å². The second-order valence-corrected chi connectivity index (χ2v) is 8.27. The van der Waals surface area contributed by atoms with E-state index in [1.54, 1.807) is 20.8 Å². The molecule has 0 aliphatic carbocycles. The minimum atomic E-state index is -4.96. The number of rotatable bonds is 6. The van der Waals surface area contributed by atoms with Gasteiger partial charge in [-0.15, -0.1) is 0 Å². The van der Waals surface area contributed by atoms with Gasteiger partial charge >= 0.3 is 22.0 Å². The number of ether oxygens (including phenoxy) is 1. The third kappa shape index (κ3) is 5.26. The molecule has 0 aliphatic heterocycles. The molecule has 0 amide bonds. The van der Waals surface area contributed by atoms with E-state index < -0.39 is 48.5 Å². The van der Waals surface area contributed by atoms with Gasteiger partial charge in [0.2, 0.25) is 5.75 Å². The van der Waals surface area contributed by atoms with Crippen LogP contribution in [0.3, 0.4) is 0 Å². The van der Waals surface area contributed by atoms with Crippen molar-refractivity contribution in [2.24, 2.45) is 0 Å². The summed E-state index contributed by atoms with van der Waals surface area (Å²) in [6.07, 6.45) is -4.09. The zero-order valence-corrected chi connectivity index (χ0v) is 17.2. The topological polar surface area (TPSA) is 142 Å². The lowest BCUT2D eigenvalue weighted by Gasteiger charge is -2.26. The molecule has 12 heteroatoms. The minimum Gasteiger partial charge on any atom is -0.450 e. The summed E-state index contributed by atoms with van der Waals surface area (Å²) in [6.45, 7) is 5.27. The van der Waals surface area contributed by atoms with E-state index >= 15 is 0 Å². The highest BCUT2D eigenvalue weighted by atomic mass is 32.2. The fourth-order valence-corrected chi connectivity index (χ4v) is 3.24.